The molecule has 1 aliphatic heterocycles. The van der Waals surface area contributed by atoms with Crippen LogP contribution in [0.4, 0.5) is 0 Å². The summed E-state index contributed by atoms with van der Waals surface area (Å²) in [4.78, 5) is 6.38. The first-order valence-electron chi connectivity index (χ1n) is 6.52. The Balaban J connectivity index is 1.76. The minimum absolute atomic E-state index is 0.770. The van der Waals surface area contributed by atoms with Crippen LogP contribution in [0.25, 0.3) is 0 Å². The van der Waals surface area contributed by atoms with E-state index >= 15 is 0 Å². The molecule has 3 rings (SSSR count). The molecule has 0 unspecified atom stereocenters. The van der Waals surface area contributed by atoms with E-state index in [1.54, 1.807) is 0 Å². The summed E-state index contributed by atoms with van der Waals surface area (Å²) in [5.74, 6) is 1.71. The summed E-state index contributed by atoms with van der Waals surface area (Å²) in [6, 6.07) is 0. The molecule has 1 saturated carbocycles. The van der Waals surface area contributed by atoms with Gasteiger partial charge in [0.05, 0.1) is 10.7 Å². The second kappa shape index (κ2) is 4.46. The lowest BCUT2D eigenvalue weighted by Crippen LogP contribution is -2.22. The molecular formula is C13H20N2S. The zero-order valence-corrected chi connectivity index (χ0v) is 10.8. The largest absolute Gasteiger partial charge is 0.311 e. The third kappa shape index (κ3) is 2.03. The van der Waals surface area contributed by atoms with Gasteiger partial charge in [0.2, 0.25) is 0 Å². The molecule has 0 spiro atoms. The number of hydrogen-bond donors (Lipinski definition) is 1. The van der Waals surface area contributed by atoms with Gasteiger partial charge in [-0.15, -0.1) is 11.3 Å². The molecule has 16 heavy (non-hydrogen) atoms. The van der Waals surface area contributed by atoms with E-state index in [1.165, 1.54) is 41.3 Å². The molecule has 88 valence electrons. The zero-order valence-electron chi connectivity index (χ0n) is 9.96. The van der Waals surface area contributed by atoms with Crippen molar-refractivity contribution in [3.63, 3.8) is 0 Å². The van der Waals surface area contributed by atoms with Crippen LogP contribution in [0.2, 0.25) is 0 Å². The van der Waals surface area contributed by atoms with Crippen molar-refractivity contribution in [3.05, 3.63) is 15.6 Å². The van der Waals surface area contributed by atoms with Crippen molar-refractivity contribution in [2.45, 2.75) is 51.5 Å². The average molecular weight is 236 g/mol. The summed E-state index contributed by atoms with van der Waals surface area (Å²) in [6.45, 7) is 4.54. The molecule has 2 aliphatic rings. The van der Waals surface area contributed by atoms with Gasteiger partial charge >= 0.3 is 0 Å². The predicted octanol–water partition coefficient (Wildman–Crippen LogP) is 3.08. The van der Waals surface area contributed by atoms with Crippen molar-refractivity contribution in [2.75, 3.05) is 6.54 Å². The van der Waals surface area contributed by atoms with Crippen molar-refractivity contribution in [1.29, 1.82) is 0 Å². The van der Waals surface area contributed by atoms with Gasteiger partial charge in [0.1, 0.15) is 0 Å². The fraction of sp³-hybridized carbons (Fsp3) is 0.769. The summed E-state index contributed by atoms with van der Waals surface area (Å²) in [5, 5.41) is 4.87. The number of fused-ring (bicyclic) bond motifs is 1. The van der Waals surface area contributed by atoms with Crippen LogP contribution in [0.5, 0.6) is 0 Å². The molecule has 2 heterocycles. The standard InChI is InChI=1S/C13H20N2S/c1-9-2-4-10(5-3-9)13-15-11-6-7-14-8-12(11)16-13/h9-10,14H,2-8H2,1H3. The molecule has 0 amide bonds. The van der Waals surface area contributed by atoms with E-state index in [2.05, 4.69) is 12.2 Å². The Hall–Kier alpha value is -0.410. The molecule has 0 saturated heterocycles. The molecule has 3 heteroatoms. The van der Waals surface area contributed by atoms with Crippen LogP contribution in [0, 0.1) is 5.92 Å². The smallest absolute Gasteiger partial charge is 0.0962 e. The molecule has 0 aromatic carbocycles. The summed E-state index contributed by atoms with van der Waals surface area (Å²) >= 11 is 1.97. The lowest BCUT2D eigenvalue weighted by atomic mass is 9.83. The maximum atomic E-state index is 4.88. The highest BCUT2D eigenvalue weighted by molar-refractivity contribution is 7.11. The van der Waals surface area contributed by atoms with Crippen LogP contribution < -0.4 is 5.32 Å². The zero-order chi connectivity index (χ0) is 11.0. The van der Waals surface area contributed by atoms with E-state index < -0.39 is 0 Å². The Morgan fingerprint density at radius 2 is 2.06 bits per heavy atom. The first-order chi connectivity index (χ1) is 7.83. The number of rotatable bonds is 1. The predicted molar refractivity (Wildman–Crippen MR) is 67.9 cm³/mol. The van der Waals surface area contributed by atoms with Crippen LogP contribution >= 0.6 is 11.3 Å². The molecule has 1 aliphatic carbocycles. The summed E-state index contributed by atoms with van der Waals surface area (Å²) < 4.78 is 0. The molecule has 1 fully saturated rings. The minimum Gasteiger partial charge on any atom is -0.311 e. The van der Waals surface area contributed by atoms with Gasteiger partial charge in [-0.3, -0.25) is 0 Å². The van der Waals surface area contributed by atoms with Crippen LogP contribution in [0.3, 0.4) is 0 Å². The highest BCUT2D eigenvalue weighted by Crippen LogP contribution is 2.38. The van der Waals surface area contributed by atoms with Crippen LogP contribution in [-0.2, 0) is 13.0 Å². The minimum atomic E-state index is 0.770. The van der Waals surface area contributed by atoms with Crippen LogP contribution in [0.1, 0.15) is 54.1 Å². The summed E-state index contributed by atoms with van der Waals surface area (Å²) in [5.41, 5.74) is 1.39. The number of aromatic nitrogens is 1. The van der Waals surface area contributed by atoms with Gasteiger partial charge in [-0.25, -0.2) is 4.98 Å². The van der Waals surface area contributed by atoms with Gasteiger partial charge in [0.15, 0.2) is 0 Å². The van der Waals surface area contributed by atoms with E-state index in [0.717, 1.165) is 31.3 Å². The Labute approximate surface area is 101 Å². The van der Waals surface area contributed by atoms with E-state index in [9.17, 15) is 0 Å². The monoisotopic (exact) mass is 236 g/mol. The first kappa shape index (κ1) is 10.7. The number of nitrogens with one attached hydrogen (secondary N) is 1. The van der Waals surface area contributed by atoms with Crippen molar-refractivity contribution >= 4 is 11.3 Å². The summed E-state index contributed by atoms with van der Waals surface area (Å²) in [7, 11) is 0. The second-order valence-corrected chi connectivity index (χ2v) is 6.42. The molecule has 1 N–H and O–H groups in total. The highest BCUT2D eigenvalue weighted by Gasteiger charge is 2.24. The Bertz CT molecular complexity index is 341. The maximum Gasteiger partial charge on any atom is 0.0962 e. The summed E-state index contributed by atoms with van der Waals surface area (Å²) in [6.07, 6.45) is 6.65. The first-order valence-corrected chi connectivity index (χ1v) is 7.34. The third-order valence-electron chi connectivity index (χ3n) is 3.98. The molecular weight excluding hydrogens is 216 g/mol. The van der Waals surface area contributed by atoms with Gasteiger partial charge in [-0.1, -0.05) is 19.8 Å². The van der Waals surface area contributed by atoms with Crippen LogP contribution in [-0.4, -0.2) is 11.5 Å². The van der Waals surface area contributed by atoms with Gasteiger partial charge in [0.25, 0.3) is 0 Å². The van der Waals surface area contributed by atoms with Crippen LogP contribution in [0.15, 0.2) is 0 Å². The van der Waals surface area contributed by atoms with Crippen molar-refractivity contribution in [3.8, 4) is 0 Å². The molecule has 1 aromatic rings. The number of nitrogens with zero attached hydrogens (tertiary/aromatic N) is 1. The molecule has 1 aromatic heterocycles. The number of hydrogen-bond acceptors (Lipinski definition) is 3. The molecule has 0 radical (unpaired) electrons. The Kier molecular flexibility index (Phi) is 2.99. The molecule has 0 atom stereocenters. The molecule has 0 bridgehead atoms. The Morgan fingerprint density at radius 1 is 1.25 bits per heavy atom. The third-order valence-corrected chi connectivity index (χ3v) is 5.24. The quantitative estimate of drug-likeness (QED) is 0.810. The fourth-order valence-electron chi connectivity index (χ4n) is 2.83. The molecule has 2 nitrogen and oxygen atoms in total. The lowest BCUT2D eigenvalue weighted by Gasteiger charge is -2.24. The second-order valence-electron chi connectivity index (χ2n) is 5.31. The van der Waals surface area contributed by atoms with E-state index in [-0.39, 0.29) is 0 Å². The topological polar surface area (TPSA) is 24.9 Å². The van der Waals surface area contributed by atoms with Gasteiger partial charge in [-0.2, -0.15) is 0 Å². The SMILES string of the molecule is CC1CCC(c2nc3c(s2)CNCC3)CC1. The van der Waals surface area contributed by atoms with E-state index in [1.807, 2.05) is 11.3 Å². The van der Waals surface area contributed by atoms with E-state index in [0.29, 0.717) is 0 Å². The lowest BCUT2D eigenvalue weighted by molar-refractivity contribution is 0.347. The normalized spacial score (nSPS) is 30.1. The fourth-order valence-corrected chi connectivity index (χ4v) is 4.08. The number of thiazole rings is 1. The Morgan fingerprint density at radius 3 is 2.81 bits per heavy atom. The average Bonchev–Trinajstić information content (AvgIpc) is 2.73. The van der Waals surface area contributed by atoms with Crippen molar-refractivity contribution < 1.29 is 0 Å². The maximum absolute atomic E-state index is 4.88. The highest BCUT2D eigenvalue weighted by atomic mass is 32.1. The van der Waals surface area contributed by atoms with Gasteiger partial charge in [-0.05, 0) is 18.8 Å². The van der Waals surface area contributed by atoms with Crippen molar-refractivity contribution in [1.82, 2.24) is 10.3 Å². The van der Waals surface area contributed by atoms with Gasteiger partial charge < -0.3 is 5.32 Å². The van der Waals surface area contributed by atoms with Gasteiger partial charge in [0, 0.05) is 30.3 Å². The van der Waals surface area contributed by atoms with E-state index in [4.69, 9.17) is 4.98 Å². The van der Waals surface area contributed by atoms with Crippen molar-refractivity contribution in [2.24, 2.45) is 5.92 Å².